The monoisotopic (exact) mass is 377 g/mol. The lowest BCUT2D eigenvalue weighted by atomic mass is 10.1. The number of phenols is 1. The quantitative estimate of drug-likeness (QED) is 0.606. The number of rotatable bonds is 3. The molecule has 0 aliphatic carbocycles. The summed E-state index contributed by atoms with van der Waals surface area (Å²) in [7, 11) is 0. The molecule has 2 aromatic carbocycles. The number of amidine groups is 1. The van der Waals surface area contributed by atoms with Gasteiger partial charge in [-0.15, -0.1) is 11.3 Å². The third-order valence-corrected chi connectivity index (χ3v) is 5.53. The van der Waals surface area contributed by atoms with Gasteiger partial charge < -0.3 is 15.1 Å². The first-order chi connectivity index (χ1) is 12.9. The molecule has 0 saturated heterocycles. The number of aliphatic hydroxyl groups excluding tert-OH is 1. The summed E-state index contributed by atoms with van der Waals surface area (Å²) in [5.74, 6) is 0.467. The lowest BCUT2D eigenvalue weighted by Gasteiger charge is -2.19. The van der Waals surface area contributed by atoms with E-state index in [0.717, 1.165) is 16.8 Å². The number of thiazole rings is 1. The molecule has 3 aromatic rings. The molecule has 2 heterocycles. The summed E-state index contributed by atoms with van der Waals surface area (Å²) >= 11 is 1.41. The van der Waals surface area contributed by atoms with Gasteiger partial charge in [0.1, 0.15) is 22.4 Å². The number of aryl methyl sites for hydroxylation is 2. The highest BCUT2D eigenvalue weighted by molar-refractivity contribution is 7.11. The SMILES string of the molecule is Cc1ccc(-c2csc(C3=C(O)CN(c4ccc(C)c(O)c4)C3=N)n2)cc1. The third-order valence-electron chi connectivity index (χ3n) is 4.67. The molecule has 0 fully saturated rings. The van der Waals surface area contributed by atoms with Crippen LogP contribution in [0.4, 0.5) is 5.69 Å². The van der Waals surface area contributed by atoms with E-state index in [-0.39, 0.29) is 23.9 Å². The fourth-order valence-corrected chi connectivity index (χ4v) is 3.93. The summed E-state index contributed by atoms with van der Waals surface area (Å²) in [4.78, 5) is 6.30. The predicted molar refractivity (Wildman–Crippen MR) is 110 cm³/mol. The maximum atomic E-state index is 10.5. The molecular formula is C21H19N3O2S. The van der Waals surface area contributed by atoms with Crippen molar-refractivity contribution >= 4 is 28.4 Å². The van der Waals surface area contributed by atoms with Crippen LogP contribution in [-0.2, 0) is 0 Å². The smallest absolute Gasteiger partial charge is 0.139 e. The minimum Gasteiger partial charge on any atom is -0.510 e. The van der Waals surface area contributed by atoms with Crippen molar-refractivity contribution in [3.05, 3.63) is 69.7 Å². The molecule has 0 bridgehead atoms. The number of nitrogens with zero attached hydrogens (tertiary/aromatic N) is 2. The number of anilines is 1. The van der Waals surface area contributed by atoms with Gasteiger partial charge in [-0.3, -0.25) is 5.41 Å². The van der Waals surface area contributed by atoms with Crippen LogP contribution in [0.15, 0.2) is 53.6 Å². The first-order valence-corrected chi connectivity index (χ1v) is 9.43. The van der Waals surface area contributed by atoms with E-state index < -0.39 is 0 Å². The largest absolute Gasteiger partial charge is 0.510 e. The zero-order valence-corrected chi connectivity index (χ0v) is 15.8. The molecular weight excluding hydrogens is 358 g/mol. The number of hydrogen-bond acceptors (Lipinski definition) is 5. The summed E-state index contributed by atoms with van der Waals surface area (Å²) in [6, 6.07) is 13.3. The van der Waals surface area contributed by atoms with Crippen LogP contribution in [0.2, 0.25) is 0 Å². The van der Waals surface area contributed by atoms with Crippen molar-refractivity contribution in [3.63, 3.8) is 0 Å². The van der Waals surface area contributed by atoms with Crippen LogP contribution in [0.5, 0.6) is 5.75 Å². The van der Waals surface area contributed by atoms with Gasteiger partial charge in [0.2, 0.25) is 0 Å². The molecule has 0 atom stereocenters. The molecule has 0 spiro atoms. The van der Waals surface area contributed by atoms with E-state index in [4.69, 9.17) is 5.41 Å². The molecule has 3 N–H and O–H groups in total. The summed E-state index contributed by atoms with van der Waals surface area (Å²) < 4.78 is 0. The molecule has 0 amide bonds. The Bertz CT molecular complexity index is 1070. The van der Waals surface area contributed by atoms with E-state index in [9.17, 15) is 10.2 Å². The second kappa shape index (κ2) is 6.55. The maximum Gasteiger partial charge on any atom is 0.139 e. The minimum atomic E-state index is 0.116. The van der Waals surface area contributed by atoms with E-state index in [1.807, 2.05) is 49.6 Å². The fraction of sp³-hybridized carbons (Fsp3) is 0.143. The Morgan fingerprint density at radius 2 is 1.81 bits per heavy atom. The van der Waals surface area contributed by atoms with Gasteiger partial charge in [-0.25, -0.2) is 4.98 Å². The molecule has 0 saturated carbocycles. The Balaban J connectivity index is 1.64. The van der Waals surface area contributed by atoms with Gasteiger partial charge in [-0.2, -0.15) is 0 Å². The van der Waals surface area contributed by atoms with E-state index in [2.05, 4.69) is 4.98 Å². The Labute approximate surface area is 161 Å². The number of aliphatic hydroxyl groups is 1. The Kier molecular flexibility index (Phi) is 4.20. The van der Waals surface area contributed by atoms with Crippen LogP contribution in [0, 0.1) is 19.3 Å². The third kappa shape index (κ3) is 3.08. The summed E-state index contributed by atoms with van der Waals surface area (Å²) in [6.07, 6.45) is 0. The molecule has 1 aromatic heterocycles. The van der Waals surface area contributed by atoms with Gasteiger partial charge in [0.15, 0.2) is 0 Å². The second-order valence-corrected chi connectivity index (χ2v) is 7.49. The Hall–Kier alpha value is -3.12. The van der Waals surface area contributed by atoms with Gasteiger partial charge in [0, 0.05) is 22.7 Å². The van der Waals surface area contributed by atoms with Crippen molar-refractivity contribution in [1.29, 1.82) is 5.41 Å². The van der Waals surface area contributed by atoms with Gasteiger partial charge >= 0.3 is 0 Å². The van der Waals surface area contributed by atoms with E-state index >= 15 is 0 Å². The molecule has 4 rings (SSSR count). The lowest BCUT2D eigenvalue weighted by molar-refractivity contribution is 0.411. The zero-order chi connectivity index (χ0) is 19.1. The Morgan fingerprint density at radius 3 is 2.52 bits per heavy atom. The average molecular weight is 377 g/mol. The van der Waals surface area contributed by atoms with Crippen molar-refractivity contribution < 1.29 is 10.2 Å². The van der Waals surface area contributed by atoms with Gasteiger partial charge in [-0.1, -0.05) is 35.9 Å². The van der Waals surface area contributed by atoms with E-state index in [1.165, 1.54) is 16.9 Å². The van der Waals surface area contributed by atoms with Crippen molar-refractivity contribution in [1.82, 2.24) is 4.98 Å². The standard InChI is InChI=1S/C21H19N3O2S/c1-12-3-6-14(7-4-12)16-11-27-21(23-16)19-18(26)10-24(20(19)22)15-8-5-13(2)17(25)9-15/h3-9,11,22,25-26H,10H2,1-2H3. The van der Waals surface area contributed by atoms with Crippen LogP contribution in [0.3, 0.4) is 0 Å². The highest BCUT2D eigenvalue weighted by Gasteiger charge is 2.31. The van der Waals surface area contributed by atoms with Crippen molar-refractivity contribution in [3.8, 4) is 17.0 Å². The van der Waals surface area contributed by atoms with Crippen molar-refractivity contribution in [2.24, 2.45) is 0 Å². The number of hydrogen-bond donors (Lipinski definition) is 3. The summed E-state index contributed by atoms with van der Waals surface area (Å²) in [5.41, 5.74) is 4.90. The molecule has 27 heavy (non-hydrogen) atoms. The van der Waals surface area contributed by atoms with Gasteiger partial charge in [0.05, 0.1) is 17.8 Å². The molecule has 0 unspecified atom stereocenters. The molecule has 136 valence electrons. The maximum absolute atomic E-state index is 10.5. The number of benzene rings is 2. The lowest BCUT2D eigenvalue weighted by Crippen LogP contribution is -2.25. The average Bonchev–Trinajstić information content (AvgIpc) is 3.22. The topological polar surface area (TPSA) is 80.4 Å². The molecule has 6 heteroatoms. The van der Waals surface area contributed by atoms with Crippen LogP contribution in [0.25, 0.3) is 16.8 Å². The Morgan fingerprint density at radius 1 is 1.07 bits per heavy atom. The highest BCUT2D eigenvalue weighted by atomic mass is 32.1. The molecule has 0 radical (unpaired) electrons. The highest BCUT2D eigenvalue weighted by Crippen LogP contribution is 2.35. The van der Waals surface area contributed by atoms with E-state index in [0.29, 0.717) is 16.3 Å². The van der Waals surface area contributed by atoms with Crippen molar-refractivity contribution in [2.75, 3.05) is 11.4 Å². The van der Waals surface area contributed by atoms with Crippen LogP contribution in [0.1, 0.15) is 16.1 Å². The van der Waals surface area contributed by atoms with Gasteiger partial charge in [-0.05, 0) is 25.5 Å². The van der Waals surface area contributed by atoms with Crippen molar-refractivity contribution in [2.45, 2.75) is 13.8 Å². The normalized spacial score (nSPS) is 14.3. The first kappa shape index (κ1) is 17.3. The van der Waals surface area contributed by atoms with Crippen LogP contribution < -0.4 is 4.90 Å². The second-order valence-electron chi connectivity index (χ2n) is 6.63. The molecule has 1 aliphatic rings. The first-order valence-electron chi connectivity index (χ1n) is 8.55. The predicted octanol–water partition coefficient (Wildman–Crippen LogP) is 4.90. The number of aromatic hydroxyl groups is 1. The number of phenolic OH excluding ortho intramolecular Hbond substituents is 1. The van der Waals surface area contributed by atoms with Crippen LogP contribution >= 0.6 is 11.3 Å². The zero-order valence-electron chi connectivity index (χ0n) is 15.0. The minimum absolute atomic E-state index is 0.116. The van der Waals surface area contributed by atoms with E-state index in [1.54, 1.807) is 17.0 Å². The summed E-state index contributed by atoms with van der Waals surface area (Å²) in [5, 5.41) is 31.5. The van der Waals surface area contributed by atoms with Gasteiger partial charge in [0.25, 0.3) is 0 Å². The molecule has 5 nitrogen and oxygen atoms in total. The number of nitrogens with one attached hydrogen (secondary N) is 1. The number of aromatic nitrogens is 1. The van der Waals surface area contributed by atoms with Crippen LogP contribution in [-0.4, -0.2) is 27.6 Å². The summed E-state index contributed by atoms with van der Waals surface area (Å²) in [6.45, 7) is 4.05. The molecule has 1 aliphatic heterocycles. The fourth-order valence-electron chi connectivity index (χ4n) is 3.04.